The van der Waals surface area contributed by atoms with Crippen molar-refractivity contribution < 1.29 is 23.8 Å². The molecule has 1 heterocycles. The summed E-state index contributed by atoms with van der Waals surface area (Å²) in [6, 6.07) is 0. The molecule has 0 radical (unpaired) electrons. The standard InChI is InChI=1S/C25H38O5/c1-15(26)28-14-17-12-21-25(30-21)20-7-9-22(3)13-18(29-16(2)27)6-10-24(22,5)19(20)8-11-23(17,25)4/h17-21H,6-14H2,1-5H3/t17-,18+,19-,20+,21-,22+,23+,24+,25-/m0/s1. The molecule has 5 rings (SSSR count). The topological polar surface area (TPSA) is 65.1 Å². The number of epoxide rings is 1. The maximum atomic E-state index is 11.5. The SMILES string of the molecule is CC(=O)OC[C@@H]1C[C@@H]2O[C@@]23[C@@H]2CC[C@]4(C)C[C@H](OC(C)=O)CC[C@]4(C)[C@H]2CC[C@]13C. The third kappa shape index (κ3) is 2.56. The Morgan fingerprint density at radius 2 is 1.63 bits per heavy atom. The van der Waals surface area contributed by atoms with Gasteiger partial charge in [0.25, 0.3) is 0 Å². The minimum absolute atomic E-state index is 0.00218. The van der Waals surface area contributed by atoms with Crippen molar-refractivity contribution in [3.05, 3.63) is 0 Å². The minimum atomic E-state index is -0.173. The number of rotatable bonds is 3. The van der Waals surface area contributed by atoms with Crippen molar-refractivity contribution in [3.63, 3.8) is 0 Å². The molecule has 0 aromatic carbocycles. The highest BCUT2D eigenvalue weighted by Crippen LogP contribution is 2.77. The second-order valence-electron chi connectivity index (χ2n) is 11.8. The zero-order valence-electron chi connectivity index (χ0n) is 19.3. The van der Waals surface area contributed by atoms with Gasteiger partial charge in [-0.2, -0.15) is 0 Å². The van der Waals surface area contributed by atoms with E-state index in [9.17, 15) is 9.59 Å². The Bertz CT molecular complexity index is 763. The average molecular weight is 419 g/mol. The molecule has 9 atom stereocenters. The third-order valence-electron chi connectivity index (χ3n) is 10.8. The van der Waals surface area contributed by atoms with E-state index in [2.05, 4.69) is 20.8 Å². The fraction of sp³-hybridized carbons (Fsp3) is 0.920. The van der Waals surface area contributed by atoms with Gasteiger partial charge in [0.05, 0.1) is 12.7 Å². The molecule has 4 saturated carbocycles. The first-order valence-corrected chi connectivity index (χ1v) is 12.0. The molecule has 0 aromatic rings. The van der Waals surface area contributed by atoms with Crippen molar-refractivity contribution >= 4 is 11.9 Å². The molecule has 5 nitrogen and oxygen atoms in total. The molecule has 1 aliphatic heterocycles. The van der Waals surface area contributed by atoms with Crippen molar-refractivity contribution in [3.8, 4) is 0 Å². The first-order valence-electron chi connectivity index (χ1n) is 12.0. The van der Waals surface area contributed by atoms with E-state index in [1.54, 1.807) is 0 Å². The van der Waals surface area contributed by atoms with Crippen LogP contribution < -0.4 is 0 Å². The molecule has 1 spiro atoms. The van der Waals surface area contributed by atoms with Gasteiger partial charge in [-0.3, -0.25) is 9.59 Å². The largest absolute Gasteiger partial charge is 0.466 e. The summed E-state index contributed by atoms with van der Waals surface area (Å²) in [6.07, 6.45) is 9.37. The van der Waals surface area contributed by atoms with Crippen molar-refractivity contribution in [2.45, 2.75) is 104 Å². The van der Waals surface area contributed by atoms with Crippen LogP contribution in [0.4, 0.5) is 0 Å². The number of hydrogen-bond donors (Lipinski definition) is 0. The third-order valence-corrected chi connectivity index (χ3v) is 10.8. The second kappa shape index (κ2) is 6.46. The summed E-state index contributed by atoms with van der Waals surface area (Å²) < 4.78 is 17.7. The van der Waals surface area contributed by atoms with Crippen LogP contribution in [0.3, 0.4) is 0 Å². The highest BCUT2D eigenvalue weighted by atomic mass is 16.6. The molecule has 5 aliphatic rings. The van der Waals surface area contributed by atoms with Crippen LogP contribution in [0, 0.1) is 34.0 Å². The van der Waals surface area contributed by atoms with Gasteiger partial charge in [0, 0.05) is 25.2 Å². The van der Waals surface area contributed by atoms with Gasteiger partial charge >= 0.3 is 11.9 Å². The lowest BCUT2D eigenvalue weighted by molar-refractivity contribution is -0.192. The smallest absolute Gasteiger partial charge is 0.302 e. The molecular weight excluding hydrogens is 380 g/mol. The Hall–Kier alpha value is -1.10. The lowest BCUT2D eigenvalue weighted by Crippen LogP contribution is -2.62. The summed E-state index contributed by atoms with van der Waals surface area (Å²) in [5.74, 6) is 1.37. The fourth-order valence-corrected chi connectivity index (χ4v) is 8.95. The Balaban J connectivity index is 1.39. The Kier molecular flexibility index (Phi) is 4.48. The minimum Gasteiger partial charge on any atom is -0.466 e. The fourth-order valence-electron chi connectivity index (χ4n) is 8.95. The van der Waals surface area contributed by atoms with Crippen molar-refractivity contribution in [1.29, 1.82) is 0 Å². The molecule has 0 aromatic heterocycles. The summed E-state index contributed by atoms with van der Waals surface area (Å²) in [5.41, 5.74) is 0.606. The van der Waals surface area contributed by atoms with Gasteiger partial charge in [-0.25, -0.2) is 0 Å². The lowest BCUT2D eigenvalue weighted by atomic mass is 9.40. The Morgan fingerprint density at radius 1 is 0.933 bits per heavy atom. The van der Waals surface area contributed by atoms with Crippen LogP contribution >= 0.6 is 0 Å². The number of carbonyl (C=O) groups excluding carboxylic acids is 2. The van der Waals surface area contributed by atoms with Crippen LogP contribution in [0.25, 0.3) is 0 Å². The summed E-state index contributed by atoms with van der Waals surface area (Å²) in [4.78, 5) is 23.0. The van der Waals surface area contributed by atoms with E-state index in [1.165, 1.54) is 33.1 Å². The maximum absolute atomic E-state index is 11.5. The zero-order valence-corrected chi connectivity index (χ0v) is 19.3. The molecule has 0 amide bonds. The number of hydrogen-bond acceptors (Lipinski definition) is 5. The van der Waals surface area contributed by atoms with Gasteiger partial charge in [-0.1, -0.05) is 20.8 Å². The van der Waals surface area contributed by atoms with E-state index >= 15 is 0 Å². The Morgan fingerprint density at radius 3 is 2.33 bits per heavy atom. The molecule has 0 bridgehead atoms. The molecule has 0 N–H and O–H groups in total. The van der Waals surface area contributed by atoms with E-state index in [0.29, 0.717) is 30.5 Å². The van der Waals surface area contributed by atoms with Crippen molar-refractivity contribution in [2.75, 3.05) is 6.61 Å². The molecule has 5 fully saturated rings. The normalized spacial score (nSPS) is 53.6. The first-order chi connectivity index (χ1) is 14.1. The highest BCUT2D eigenvalue weighted by molar-refractivity contribution is 5.66. The molecule has 4 aliphatic carbocycles. The number of esters is 2. The predicted molar refractivity (Wildman–Crippen MR) is 112 cm³/mol. The molecule has 1 saturated heterocycles. The predicted octanol–water partition coefficient (Wildman–Crippen LogP) is 4.66. The van der Waals surface area contributed by atoms with E-state index in [4.69, 9.17) is 14.2 Å². The van der Waals surface area contributed by atoms with Crippen LogP contribution in [0.15, 0.2) is 0 Å². The van der Waals surface area contributed by atoms with Gasteiger partial charge in [-0.15, -0.1) is 0 Å². The van der Waals surface area contributed by atoms with Crippen LogP contribution in [-0.4, -0.2) is 36.4 Å². The van der Waals surface area contributed by atoms with Crippen molar-refractivity contribution in [1.82, 2.24) is 0 Å². The summed E-state index contributed by atoms with van der Waals surface area (Å²) in [7, 11) is 0. The van der Waals surface area contributed by atoms with Crippen LogP contribution in [0.1, 0.15) is 86.0 Å². The van der Waals surface area contributed by atoms with Crippen LogP contribution in [0.2, 0.25) is 0 Å². The molecule has 168 valence electrons. The van der Waals surface area contributed by atoms with E-state index in [1.807, 2.05) is 0 Å². The quantitative estimate of drug-likeness (QED) is 0.493. The van der Waals surface area contributed by atoms with E-state index < -0.39 is 0 Å². The summed E-state index contributed by atoms with van der Waals surface area (Å²) in [6.45, 7) is 11.0. The summed E-state index contributed by atoms with van der Waals surface area (Å²) in [5, 5.41) is 0. The van der Waals surface area contributed by atoms with Gasteiger partial charge in [0.1, 0.15) is 11.7 Å². The number of carbonyl (C=O) groups is 2. The maximum Gasteiger partial charge on any atom is 0.302 e. The van der Waals surface area contributed by atoms with E-state index in [-0.39, 0.29) is 39.9 Å². The zero-order chi connectivity index (χ0) is 21.5. The van der Waals surface area contributed by atoms with Crippen LogP contribution in [-0.2, 0) is 23.8 Å². The monoisotopic (exact) mass is 418 g/mol. The van der Waals surface area contributed by atoms with Gasteiger partial charge in [0.15, 0.2) is 0 Å². The van der Waals surface area contributed by atoms with Crippen molar-refractivity contribution in [2.24, 2.45) is 34.0 Å². The molecule has 0 unspecified atom stereocenters. The molecule has 5 heteroatoms. The second-order valence-corrected chi connectivity index (χ2v) is 11.8. The van der Waals surface area contributed by atoms with Gasteiger partial charge in [0.2, 0.25) is 0 Å². The van der Waals surface area contributed by atoms with Gasteiger partial charge in [-0.05, 0) is 74.0 Å². The Labute approximate surface area is 180 Å². The summed E-state index contributed by atoms with van der Waals surface area (Å²) >= 11 is 0. The number of fused-ring (bicyclic) bond motifs is 3. The molecule has 30 heavy (non-hydrogen) atoms. The lowest BCUT2D eigenvalue weighted by Gasteiger charge is -2.65. The van der Waals surface area contributed by atoms with E-state index in [0.717, 1.165) is 32.1 Å². The highest BCUT2D eigenvalue weighted by Gasteiger charge is 2.81. The molecular formula is C25H38O5. The average Bonchev–Trinajstić information content (AvgIpc) is 3.31. The van der Waals surface area contributed by atoms with Gasteiger partial charge < -0.3 is 14.2 Å². The van der Waals surface area contributed by atoms with Crippen LogP contribution in [0.5, 0.6) is 0 Å². The number of ether oxygens (including phenoxy) is 3. The first kappa shape index (κ1) is 20.8.